The van der Waals surface area contributed by atoms with Crippen LogP contribution in [0.4, 0.5) is 0 Å². The van der Waals surface area contributed by atoms with E-state index >= 15 is 0 Å². The van der Waals surface area contributed by atoms with E-state index in [-0.39, 0.29) is 10.8 Å². The maximum Gasteiger partial charge on any atom is 0.0776 e. The second kappa shape index (κ2) is 35.1. The minimum absolute atomic E-state index is 0.0768. The zero-order chi connectivity index (χ0) is 90.6. The first kappa shape index (κ1) is 84.5. The van der Waals surface area contributed by atoms with E-state index in [0.29, 0.717) is 0 Å². The molecule has 0 aliphatic rings. The van der Waals surface area contributed by atoms with Crippen LogP contribution in [0.1, 0.15) is 58.2 Å². The van der Waals surface area contributed by atoms with Gasteiger partial charge in [-0.3, -0.25) is 0 Å². The fraction of sp³-hybridized carbons (Fsp3) is 0.0909. The van der Waals surface area contributed by atoms with Crippen molar-refractivity contribution in [3.05, 3.63) is 478 Å². The van der Waals surface area contributed by atoms with Crippen molar-refractivity contribution in [1.29, 1.82) is 0 Å². The first-order valence-electron chi connectivity index (χ1n) is 46.9. The second-order valence-corrected chi connectivity index (χ2v) is 44.0. The lowest BCUT2D eigenvalue weighted by atomic mass is 9.81. The fourth-order valence-electron chi connectivity index (χ4n) is 20.7. The van der Waals surface area contributed by atoms with Gasteiger partial charge in [0, 0.05) is 0 Å². The minimum atomic E-state index is -1.48. The molecule has 0 bridgehead atoms. The molecule has 0 aliphatic heterocycles. The van der Waals surface area contributed by atoms with Crippen LogP contribution in [0.5, 0.6) is 0 Å². The molecule has 0 nitrogen and oxygen atoms in total. The van der Waals surface area contributed by atoms with Crippen LogP contribution in [0.3, 0.4) is 0 Å². The maximum absolute atomic E-state index is 2.49. The van der Waals surface area contributed by atoms with Crippen LogP contribution >= 0.6 is 0 Å². The quantitative estimate of drug-likeness (QED) is 0.0998. The molecular weight excluding hydrogens is 1610 g/mol. The van der Waals surface area contributed by atoms with Gasteiger partial charge in [-0.05, 0) is 271 Å². The predicted octanol–water partition coefficient (Wildman–Crippen LogP) is 37.4. The lowest BCUT2D eigenvalue weighted by Gasteiger charge is -2.23. The lowest BCUT2D eigenvalue weighted by Crippen LogP contribution is -2.37. The van der Waals surface area contributed by atoms with Gasteiger partial charge in [-0.2, -0.15) is 0 Å². The van der Waals surface area contributed by atoms with Gasteiger partial charge in [-0.25, -0.2) is 0 Å². The van der Waals surface area contributed by atoms with Crippen LogP contribution in [0, 0.1) is 6.92 Å². The normalized spacial score (nSPS) is 11.8. The molecule has 0 atom stereocenters. The van der Waals surface area contributed by atoms with Gasteiger partial charge in [0.15, 0.2) is 0 Å². The molecule has 0 saturated heterocycles. The summed E-state index contributed by atoms with van der Waals surface area (Å²) < 4.78 is 0. The smallest absolute Gasteiger partial charge is 0.0656 e. The first-order chi connectivity index (χ1) is 64.8. The molecule has 0 aliphatic carbocycles. The van der Waals surface area contributed by atoms with Crippen molar-refractivity contribution < 1.29 is 0 Å². The standard InChI is InChI=1S/2C34H28.C33H28Si.C31H22/c1-34(2,3)25-20-21-30-31(22-25)32(24-13-5-4-6-14-24)28-17-9-10-18-29(28)33(30)27-19-11-15-23-12-7-8-16-26(23)27;1-34(2,3)27-19-20-30-31(22-27)32(24-12-5-4-6-13-24)28-15-9-10-16-29(28)33(30)26-18-17-23-11-7-8-14-25(23)21-26;1-34(2,3)25-20-21-30-31(22-25)32(24-13-5-4-6-14-24)28-17-9-10-18-29(28)33(30)27-19-11-15-23-12-7-8-16-26(23)27;1-21-15-18-28-29(19-21)30(23-10-3-2-4-11-23)26-13-7-8-14-27(26)31(28)25-17-16-22-9-5-6-12-24(22)20-25/h3*4-22H,1-3H3;2-20H,1H3. The van der Waals surface area contributed by atoms with Gasteiger partial charge in [0.25, 0.3) is 0 Å². The Morgan fingerprint density at radius 3 is 0.744 bits per heavy atom. The Morgan fingerprint density at radius 1 is 0.158 bits per heavy atom. The highest BCUT2D eigenvalue weighted by Gasteiger charge is 2.27. The van der Waals surface area contributed by atoms with Crippen molar-refractivity contribution in [2.75, 3.05) is 0 Å². The number of fused-ring (bicyclic) bond motifs is 12. The van der Waals surface area contributed by atoms with Gasteiger partial charge in [0.05, 0.1) is 8.07 Å². The van der Waals surface area contributed by atoms with Crippen molar-refractivity contribution in [3.63, 3.8) is 0 Å². The van der Waals surface area contributed by atoms with E-state index in [4.69, 9.17) is 0 Å². The van der Waals surface area contributed by atoms with Crippen LogP contribution in [0.2, 0.25) is 19.6 Å². The van der Waals surface area contributed by atoms with Crippen LogP contribution in [0.15, 0.2) is 461 Å². The average Bonchev–Trinajstić information content (AvgIpc) is 0.738. The first-order valence-corrected chi connectivity index (χ1v) is 50.4. The third-order valence-corrected chi connectivity index (χ3v) is 29.3. The Balaban J connectivity index is 0.000000107. The van der Waals surface area contributed by atoms with Gasteiger partial charge in [0.1, 0.15) is 0 Å². The molecule has 1 heteroatoms. The summed E-state index contributed by atoms with van der Waals surface area (Å²) in [4.78, 5) is 0. The molecule has 24 aromatic rings. The van der Waals surface area contributed by atoms with Crippen LogP contribution in [0.25, 0.3) is 218 Å². The van der Waals surface area contributed by atoms with Gasteiger partial charge >= 0.3 is 0 Å². The van der Waals surface area contributed by atoms with E-state index in [1.807, 2.05) is 0 Å². The summed E-state index contributed by atoms with van der Waals surface area (Å²) in [5.41, 5.74) is 25.0. The van der Waals surface area contributed by atoms with E-state index in [1.165, 1.54) is 240 Å². The molecule has 0 heterocycles. The molecule has 0 radical (unpaired) electrons. The molecule has 0 amide bonds. The Bertz CT molecular complexity index is 8320. The maximum atomic E-state index is 2.49. The van der Waals surface area contributed by atoms with Crippen LogP contribution < -0.4 is 5.19 Å². The van der Waals surface area contributed by atoms with Crippen molar-refractivity contribution in [2.24, 2.45) is 0 Å². The van der Waals surface area contributed by atoms with Gasteiger partial charge in [0.2, 0.25) is 0 Å². The van der Waals surface area contributed by atoms with E-state index in [9.17, 15) is 0 Å². The highest BCUT2D eigenvalue weighted by Crippen LogP contribution is 2.52. The molecule has 0 spiro atoms. The number of rotatable bonds is 9. The Kier molecular flexibility index (Phi) is 22.3. The summed E-state index contributed by atoms with van der Waals surface area (Å²) in [5, 5.41) is 32.7. The molecule has 24 rings (SSSR count). The molecule has 638 valence electrons. The van der Waals surface area contributed by atoms with Crippen molar-refractivity contribution in [3.8, 4) is 89.0 Å². The summed E-state index contributed by atoms with van der Waals surface area (Å²) in [5.74, 6) is 0. The van der Waals surface area contributed by atoms with Gasteiger partial charge in [-0.1, -0.05) is 509 Å². The summed E-state index contributed by atoms with van der Waals surface area (Å²) in [7, 11) is -1.48. The fourth-order valence-corrected chi connectivity index (χ4v) is 21.8. The lowest BCUT2D eigenvalue weighted by molar-refractivity contribution is 0.591. The predicted molar refractivity (Wildman–Crippen MR) is 584 cm³/mol. The van der Waals surface area contributed by atoms with Crippen molar-refractivity contribution in [2.45, 2.75) is 78.9 Å². The Morgan fingerprint density at radius 2 is 0.406 bits per heavy atom. The van der Waals surface area contributed by atoms with Crippen molar-refractivity contribution >= 4 is 143 Å². The largest absolute Gasteiger partial charge is 0.0776 e. The van der Waals surface area contributed by atoms with Crippen molar-refractivity contribution in [1.82, 2.24) is 0 Å². The molecule has 24 aromatic carbocycles. The minimum Gasteiger partial charge on any atom is -0.0656 e. The molecular formula is C132H106Si. The second-order valence-electron chi connectivity index (χ2n) is 38.9. The number of benzene rings is 24. The Labute approximate surface area is 782 Å². The third-order valence-electron chi connectivity index (χ3n) is 27.3. The highest BCUT2D eigenvalue weighted by molar-refractivity contribution is 6.88. The zero-order valence-corrected chi connectivity index (χ0v) is 78.4. The monoisotopic (exact) mass is 1720 g/mol. The van der Waals surface area contributed by atoms with E-state index < -0.39 is 8.07 Å². The highest BCUT2D eigenvalue weighted by atomic mass is 28.3. The average molecular weight is 1720 g/mol. The summed E-state index contributed by atoms with van der Waals surface area (Å²) >= 11 is 0. The summed E-state index contributed by atoms with van der Waals surface area (Å²) in [6.07, 6.45) is 0. The molecule has 0 saturated carbocycles. The molecule has 0 aromatic heterocycles. The molecule has 0 fully saturated rings. The topological polar surface area (TPSA) is 0 Å². The number of hydrogen-bond acceptors (Lipinski definition) is 0. The molecule has 133 heavy (non-hydrogen) atoms. The SMILES string of the molecule is CC(C)(C)c1ccc2c(-c3ccc4ccccc4c3)c3ccccc3c(-c3ccccc3)c2c1.CC(C)(C)c1ccc2c(-c3cccc4ccccc34)c3ccccc3c(-c3ccccc3)c2c1.C[Si](C)(C)c1ccc2c(-c3cccc4ccccc34)c3ccccc3c(-c3ccccc3)c2c1.Cc1ccc2c(-c3ccc4ccccc4c3)c3ccccc3c(-c3ccccc3)c2c1. The summed E-state index contributed by atoms with van der Waals surface area (Å²) in [6, 6.07) is 169. The molecule has 0 N–H and O–H groups in total. The van der Waals surface area contributed by atoms with Crippen LogP contribution in [-0.2, 0) is 10.8 Å². The Hall–Kier alpha value is -15.4. The van der Waals surface area contributed by atoms with E-state index in [2.05, 4.69) is 529 Å². The van der Waals surface area contributed by atoms with E-state index in [0.717, 1.165) is 0 Å². The summed E-state index contributed by atoms with van der Waals surface area (Å²) in [6.45, 7) is 23.2. The van der Waals surface area contributed by atoms with Gasteiger partial charge < -0.3 is 0 Å². The zero-order valence-electron chi connectivity index (χ0n) is 77.4. The number of aryl methyl sites for hydroxylation is 1. The third kappa shape index (κ3) is 16.1. The number of hydrogen-bond donors (Lipinski definition) is 0. The van der Waals surface area contributed by atoms with Gasteiger partial charge in [-0.15, -0.1) is 0 Å². The van der Waals surface area contributed by atoms with Crippen LogP contribution in [-0.4, -0.2) is 8.07 Å². The van der Waals surface area contributed by atoms with E-state index in [1.54, 1.807) is 0 Å². The molecule has 0 unspecified atom stereocenters.